The van der Waals surface area contributed by atoms with E-state index >= 15 is 0 Å². The first-order valence-electron chi connectivity index (χ1n) is 10.7. The summed E-state index contributed by atoms with van der Waals surface area (Å²) in [5, 5.41) is 3.56. The van der Waals surface area contributed by atoms with Gasteiger partial charge in [-0.15, -0.1) is 0 Å². The molecule has 0 aliphatic carbocycles. The maximum atomic E-state index is 5.70. The Morgan fingerprint density at radius 2 is 1.77 bits per heavy atom. The Morgan fingerprint density at radius 1 is 1.00 bits per heavy atom. The van der Waals surface area contributed by atoms with E-state index in [1.807, 2.05) is 0 Å². The van der Waals surface area contributed by atoms with Crippen LogP contribution in [-0.2, 0) is 9.47 Å². The molecule has 0 saturated carbocycles. The number of aliphatic imine (C=N–C) groups is 1. The molecule has 1 N–H and O–H groups in total. The van der Waals surface area contributed by atoms with Gasteiger partial charge in [0.15, 0.2) is 5.96 Å². The number of guanidine groups is 1. The number of hydrogen-bond acceptors (Lipinski definition) is 4. The quantitative estimate of drug-likeness (QED) is 0.608. The summed E-state index contributed by atoms with van der Waals surface area (Å²) in [6.45, 7) is 12.3. The van der Waals surface area contributed by atoms with Gasteiger partial charge in [-0.05, 0) is 58.5 Å². The molecule has 0 radical (unpaired) electrons. The average Bonchev–Trinajstić information content (AvgIpc) is 3.43. The van der Waals surface area contributed by atoms with Gasteiger partial charge in [0, 0.05) is 50.4 Å². The van der Waals surface area contributed by atoms with Crippen molar-refractivity contribution in [2.75, 3.05) is 65.7 Å². The van der Waals surface area contributed by atoms with Gasteiger partial charge < -0.3 is 19.7 Å². The van der Waals surface area contributed by atoms with Crippen molar-refractivity contribution in [1.29, 1.82) is 0 Å². The highest BCUT2D eigenvalue weighted by Crippen LogP contribution is 2.38. The van der Waals surface area contributed by atoms with Crippen LogP contribution in [0.4, 0.5) is 0 Å². The van der Waals surface area contributed by atoms with Crippen molar-refractivity contribution in [2.24, 2.45) is 10.4 Å². The molecule has 4 saturated heterocycles. The highest BCUT2D eigenvalue weighted by atomic mass is 16.5. The first-order chi connectivity index (χ1) is 12.8. The van der Waals surface area contributed by atoms with Crippen molar-refractivity contribution in [3.8, 4) is 0 Å². The zero-order chi connectivity index (χ0) is 17.9. The van der Waals surface area contributed by atoms with Crippen LogP contribution in [0.25, 0.3) is 0 Å². The molecule has 1 spiro atoms. The van der Waals surface area contributed by atoms with Crippen LogP contribution in [0, 0.1) is 5.41 Å². The SMILES string of the molecule is CCNC(=NCC1(N2CCCC2)CCOCC1)N1CCC2(CCOC2)C1. The van der Waals surface area contributed by atoms with Gasteiger partial charge in [-0.3, -0.25) is 9.89 Å². The second kappa shape index (κ2) is 8.03. The van der Waals surface area contributed by atoms with Crippen LogP contribution in [0.2, 0.25) is 0 Å². The van der Waals surface area contributed by atoms with Gasteiger partial charge in [0.1, 0.15) is 0 Å². The van der Waals surface area contributed by atoms with Crippen LogP contribution >= 0.6 is 0 Å². The van der Waals surface area contributed by atoms with Crippen molar-refractivity contribution in [3.63, 3.8) is 0 Å². The Hall–Kier alpha value is -0.850. The number of likely N-dealkylation sites (tertiary alicyclic amines) is 2. The topological polar surface area (TPSA) is 49.3 Å². The van der Waals surface area contributed by atoms with Crippen LogP contribution in [0.15, 0.2) is 4.99 Å². The number of nitrogens with zero attached hydrogens (tertiary/aromatic N) is 3. The van der Waals surface area contributed by atoms with Crippen molar-refractivity contribution in [2.45, 2.75) is 51.0 Å². The summed E-state index contributed by atoms with van der Waals surface area (Å²) in [7, 11) is 0. The summed E-state index contributed by atoms with van der Waals surface area (Å²) in [5.41, 5.74) is 0.588. The number of hydrogen-bond donors (Lipinski definition) is 1. The van der Waals surface area contributed by atoms with Crippen LogP contribution in [0.1, 0.15) is 45.4 Å². The summed E-state index contributed by atoms with van der Waals surface area (Å²) in [6, 6.07) is 0. The largest absolute Gasteiger partial charge is 0.381 e. The molecule has 4 fully saturated rings. The molecule has 26 heavy (non-hydrogen) atoms. The van der Waals surface area contributed by atoms with Crippen molar-refractivity contribution < 1.29 is 9.47 Å². The van der Waals surface area contributed by atoms with Crippen LogP contribution in [-0.4, -0.2) is 87.0 Å². The first kappa shape index (κ1) is 18.5. The Kier molecular flexibility index (Phi) is 5.72. The molecule has 0 aromatic rings. The zero-order valence-electron chi connectivity index (χ0n) is 16.5. The number of nitrogens with one attached hydrogen (secondary N) is 1. The predicted molar refractivity (Wildman–Crippen MR) is 104 cm³/mol. The molecule has 4 rings (SSSR count). The van der Waals surface area contributed by atoms with Gasteiger partial charge in [-0.2, -0.15) is 0 Å². The minimum absolute atomic E-state index is 0.212. The summed E-state index contributed by atoms with van der Waals surface area (Å²) in [4.78, 5) is 10.4. The lowest BCUT2D eigenvalue weighted by atomic mass is 9.87. The van der Waals surface area contributed by atoms with Gasteiger partial charge in [-0.25, -0.2) is 0 Å². The van der Waals surface area contributed by atoms with Crippen LogP contribution in [0.3, 0.4) is 0 Å². The molecule has 1 unspecified atom stereocenters. The molecule has 6 nitrogen and oxygen atoms in total. The third kappa shape index (κ3) is 3.73. The van der Waals surface area contributed by atoms with E-state index in [2.05, 4.69) is 22.0 Å². The van der Waals surface area contributed by atoms with Crippen molar-refractivity contribution in [1.82, 2.24) is 15.1 Å². The van der Waals surface area contributed by atoms with E-state index in [9.17, 15) is 0 Å². The van der Waals surface area contributed by atoms with Crippen molar-refractivity contribution >= 4 is 5.96 Å². The normalized spacial score (nSPS) is 32.7. The highest BCUT2D eigenvalue weighted by molar-refractivity contribution is 5.80. The molecule has 4 aliphatic rings. The van der Waals surface area contributed by atoms with Crippen LogP contribution in [0.5, 0.6) is 0 Å². The second-order valence-corrected chi connectivity index (χ2v) is 8.68. The highest BCUT2D eigenvalue weighted by Gasteiger charge is 2.43. The smallest absolute Gasteiger partial charge is 0.194 e. The fraction of sp³-hybridized carbons (Fsp3) is 0.950. The van der Waals surface area contributed by atoms with Gasteiger partial charge in [0.25, 0.3) is 0 Å². The van der Waals surface area contributed by atoms with Crippen molar-refractivity contribution in [3.05, 3.63) is 0 Å². The molecule has 0 amide bonds. The van der Waals surface area contributed by atoms with E-state index < -0.39 is 0 Å². The number of rotatable bonds is 4. The monoisotopic (exact) mass is 364 g/mol. The van der Waals surface area contributed by atoms with Gasteiger partial charge >= 0.3 is 0 Å². The molecule has 148 valence electrons. The summed E-state index contributed by atoms with van der Waals surface area (Å²) < 4.78 is 11.4. The number of ether oxygens (including phenoxy) is 2. The fourth-order valence-electron chi connectivity index (χ4n) is 5.25. The average molecular weight is 365 g/mol. The molecule has 4 aliphatic heterocycles. The molecule has 4 heterocycles. The lowest BCUT2D eigenvalue weighted by molar-refractivity contribution is -0.0139. The Bertz CT molecular complexity index is 492. The minimum Gasteiger partial charge on any atom is -0.381 e. The maximum absolute atomic E-state index is 5.70. The second-order valence-electron chi connectivity index (χ2n) is 8.68. The third-order valence-corrected chi connectivity index (χ3v) is 6.98. The first-order valence-corrected chi connectivity index (χ1v) is 10.7. The molecule has 0 aromatic carbocycles. The Balaban J connectivity index is 1.47. The van der Waals surface area contributed by atoms with E-state index in [4.69, 9.17) is 14.5 Å². The zero-order valence-corrected chi connectivity index (χ0v) is 16.5. The molecular weight excluding hydrogens is 328 g/mol. The lowest BCUT2D eigenvalue weighted by Gasteiger charge is -2.44. The van der Waals surface area contributed by atoms with Gasteiger partial charge in [-0.1, -0.05) is 0 Å². The fourth-order valence-corrected chi connectivity index (χ4v) is 5.25. The van der Waals surface area contributed by atoms with Crippen LogP contribution < -0.4 is 5.32 Å². The lowest BCUT2D eigenvalue weighted by Crippen LogP contribution is -2.54. The molecule has 1 atom stereocenters. The van der Waals surface area contributed by atoms with E-state index in [0.29, 0.717) is 5.41 Å². The Morgan fingerprint density at radius 3 is 2.46 bits per heavy atom. The summed E-state index contributed by atoms with van der Waals surface area (Å²) >= 11 is 0. The van der Waals surface area contributed by atoms with Gasteiger partial charge in [0.2, 0.25) is 0 Å². The molecule has 6 heteroatoms. The van der Waals surface area contributed by atoms with E-state index in [0.717, 1.165) is 71.4 Å². The Labute approximate surface area is 158 Å². The molecule has 0 aromatic heterocycles. The maximum Gasteiger partial charge on any atom is 0.194 e. The van der Waals surface area contributed by atoms with Gasteiger partial charge in [0.05, 0.1) is 13.2 Å². The standard InChI is InChI=1S/C20H36N4O2/c1-2-21-18(23-11-5-19(16-23)6-12-26-17-19)22-15-20(7-13-25-14-8-20)24-9-3-4-10-24/h2-17H2,1H3,(H,21,22). The summed E-state index contributed by atoms with van der Waals surface area (Å²) in [6.07, 6.45) is 7.35. The molecule has 0 bridgehead atoms. The van der Waals surface area contributed by atoms with E-state index in [1.165, 1.54) is 38.8 Å². The third-order valence-electron chi connectivity index (χ3n) is 6.98. The van der Waals surface area contributed by atoms with E-state index in [-0.39, 0.29) is 5.54 Å². The minimum atomic E-state index is 0.212. The predicted octanol–water partition coefficient (Wildman–Crippen LogP) is 1.71. The van der Waals surface area contributed by atoms with E-state index in [1.54, 1.807) is 0 Å². The molecular formula is C20H36N4O2. The summed E-state index contributed by atoms with van der Waals surface area (Å²) in [5.74, 6) is 1.11.